The first-order valence-corrected chi connectivity index (χ1v) is 13.7. The van der Waals surface area contributed by atoms with E-state index in [4.69, 9.17) is 0 Å². The van der Waals surface area contributed by atoms with E-state index in [2.05, 4.69) is 47.3 Å². The van der Waals surface area contributed by atoms with E-state index < -0.39 is 0 Å². The van der Waals surface area contributed by atoms with Gasteiger partial charge in [-0.2, -0.15) is 0 Å². The molecule has 9 atom stereocenters. The molecule has 1 N–H and O–H groups in total. The van der Waals surface area contributed by atoms with Gasteiger partial charge >= 0.3 is 0 Å². The van der Waals surface area contributed by atoms with Crippen molar-refractivity contribution in [1.82, 2.24) is 0 Å². The summed E-state index contributed by atoms with van der Waals surface area (Å²) in [7, 11) is 0. The molecule has 0 spiro atoms. The SMILES string of the molecule is C=CC[C@H]1C2=CC[C@H]3[C@@H]4CC[C@H]([C@H](C)CCCC(C)C)[C@@]4(C)CC[C@@H]3[C@@]2(C)CC[C@H]1O. The largest absolute Gasteiger partial charge is 0.392 e. The lowest BCUT2D eigenvalue weighted by atomic mass is 9.45. The van der Waals surface area contributed by atoms with Gasteiger partial charge in [-0.05, 0) is 97.7 Å². The third-order valence-electron chi connectivity index (χ3n) is 11.0. The molecule has 0 aromatic rings. The maximum absolute atomic E-state index is 10.8. The molecule has 3 fully saturated rings. The maximum Gasteiger partial charge on any atom is 0.0609 e. The van der Waals surface area contributed by atoms with Gasteiger partial charge in [-0.1, -0.05) is 71.6 Å². The van der Waals surface area contributed by atoms with E-state index >= 15 is 0 Å². The Morgan fingerprint density at radius 3 is 2.55 bits per heavy atom. The lowest BCUT2D eigenvalue weighted by Gasteiger charge is -2.59. The first-order valence-electron chi connectivity index (χ1n) is 13.7. The minimum atomic E-state index is -0.162. The molecule has 176 valence electrons. The Morgan fingerprint density at radius 2 is 1.84 bits per heavy atom. The van der Waals surface area contributed by atoms with Gasteiger partial charge in [0.15, 0.2) is 0 Å². The molecule has 0 aliphatic heterocycles. The van der Waals surface area contributed by atoms with Crippen LogP contribution in [-0.2, 0) is 0 Å². The topological polar surface area (TPSA) is 20.2 Å². The average Bonchev–Trinajstić information content (AvgIpc) is 3.07. The van der Waals surface area contributed by atoms with Crippen molar-refractivity contribution in [1.29, 1.82) is 0 Å². The molecule has 4 aliphatic carbocycles. The van der Waals surface area contributed by atoms with Crippen LogP contribution in [0.3, 0.4) is 0 Å². The van der Waals surface area contributed by atoms with E-state index in [1.807, 2.05) is 6.08 Å². The Hall–Kier alpha value is -0.560. The van der Waals surface area contributed by atoms with Gasteiger partial charge < -0.3 is 5.11 Å². The van der Waals surface area contributed by atoms with Crippen LogP contribution in [0.1, 0.15) is 105 Å². The highest BCUT2D eigenvalue weighted by molar-refractivity contribution is 5.28. The Kier molecular flexibility index (Phi) is 6.85. The summed E-state index contributed by atoms with van der Waals surface area (Å²) in [6.07, 6.45) is 18.9. The lowest BCUT2D eigenvalue weighted by Crippen LogP contribution is -2.52. The first kappa shape index (κ1) is 23.6. The Labute approximate surface area is 193 Å². The number of hydrogen-bond donors (Lipinski definition) is 1. The maximum atomic E-state index is 10.8. The second kappa shape index (κ2) is 9.00. The minimum Gasteiger partial charge on any atom is -0.392 e. The zero-order valence-electron chi connectivity index (χ0n) is 21.2. The third-order valence-corrected chi connectivity index (χ3v) is 11.0. The average molecular weight is 427 g/mol. The van der Waals surface area contributed by atoms with Crippen LogP contribution in [0.5, 0.6) is 0 Å². The molecule has 0 aromatic carbocycles. The molecule has 1 nitrogen and oxygen atoms in total. The molecular weight excluding hydrogens is 376 g/mol. The summed E-state index contributed by atoms with van der Waals surface area (Å²) >= 11 is 0. The molecule has 4 aliphatic rings. The zero-order chi connectivity index (χ0) is 22.4. The summed E-state index contributed by atoms with van der Waals surface area (Å²) in [5.74, 6) is 5.62. The van der Waals surface area contributed by atoms with Crippen LogP contribution < -0.4 is 0 Å². The monoisotopic (exact) mass is 426 g/mol. The lowest BCUT2D eigenvalue weighted by molar-refractivity contribution is -0.0656. The predicted octanol–water partition coefficient (Wildman–Crippen LogP) is 8.19. The van der Waals surface area contributed by atoms with E-state index in [0.717, 1.165) is 48.3 Å². The summed E-state index contributed by atoms with van der Waals surface area (Å²) in [5.41, 5.74) is 2.49. The van der Waals surface area contributed by atoms with Gasteiger partial charge in [0.1, 0.15) is 0 Å². The molecule has 1 heteroatoms. The van der Waals surface area contributed by atoms with Gasteiger partial charge in [-0.3, -0.25) is 0 Å². The van der Waals surface area contributed by atoms with Crippen LogP contribution in [-0.4, -0.2) is 11.2 Å². The smallest absolute Gasteiger partial charge is 0.0609 e. The second-order valence-electron chi connectivity index (χ2n) is 13.0. The van der Waals surface area contributed by atoms with E-state index in [1.54, 1.807) is 5.57 Å². The predicted molar refractivity (Wildman–Crippen MR) is 133 cm³/mol. The fourth-order valence-corrected chi connectivity index (χ4v) is 9.37. The highest BCUT2D eigenvalue weighted by atomic mass is 16.3. The summed E-state index contributed by atoms with van der Waals surface area (Å²) in [6, 6.07) is 0. The van der Waals surface area contributed by atoms with Gasteiger partial charge in [0.2, 0.25) is 0 Å². The number of allylic oxidation sites excluding steroid dienone is 2. The third kappa shape index (κ3) is 4.00. The molecule has 4 rings (SSSR count). The van der Waals surface area contributed by atoms with Crippen molar-refractivity contribution in [2.24, 2.45) is 52.3 Å². The Morgan fingerprint density at radius 1 is 1.06 bits per heavy atom. The summed E-state index contributed by atoms with van der Waals surface area (Å²) in [5, 5.41) is 10.8. The van der Waals surface area contributed by atoms with Crippen LogP contribution in [0, 0.1) is 52.3 Å². The molecule has 0 unspecified atom stereocenters. The van der Waals surface area contributed by atoms with E-state index in [1.165, 1.54) is 57.8 Å². The first-order chi connectivity index (χ1) is 14.7. The number of fused-ring (bicyclic) bond motifs is 5. The van der Waals surface area contributed by atoms with E-state index in [0.29, 0.717) is 16.7 Å². The number of hydrogen-bond acceptors (Lipinski definition) is 1. The van der Waals surface area contributed by atoms with Crippen molar-refractivity contribution in [2.75, 3.05) is 0 Å². The van der Waals surface area contributed by atoms with Crippen LogP contribution in [0.2, 0.25) is 0 Å². The number of aliphatic hydroxyl groups excluding tert-OH is 1. The van der Waals surface area contributed by atoms with Crippen molar-refractivity contribution in [3.05, 3.63) is 24.3 Å². The number of rotatable bonds is 7. The van der Waals surface area contributed by atoms with E-state index in [-0.39, 0.29) is 6.10 Å². The highest BCUT2D eigenvalue weighted by Crippen LogP contribution is 2.68. The molecule has 31 heavy (non-hydrogen) atoms. The standard InChI is InChI=1S/C30H50O/c1-7-9-23-26-13-12-22-25-15-14-24(21(4)11-8-10-20(2)3)29(25,5)18-16-27(22)30(26,6)19-17-28(23)31/h7,13,20-25,27-28,31H,1,8-12,14-19H2,2-6H3/t21-,22+,23+,24-,25+,27+,28-,29-,30+/m1/s1. The fraction of sp³-hybridized carbons (Fsp3) is 0.867. The molecule has 0 aromatic heterocycles. The molecule has 0 saturated heterocycles. The summed E-state index contributed by atoms with van der Waals surface area (Å²) in [4.78, 5) is 0. The van der Waals surface area contributed by atoms with Gasteiger partial charge in [0, 0.05) is 5.92 Å². The molecule has 0 bridgehead atoms. The molecule has 3 saturated carbocycles. The summed E-state index contributed by atoms with van der Waals surface area (Å²) in [6.45, 7) is 16.6. The second-order valence-corrected chi connectivity index (χ2v) is 13.0. The fourth-order valence-electron chi connectivity index (χ4n) is 9.37. The van der Waals surface area contributed by atoms with Gasteiger partial charge in [-0.15, -0.1) is 6.58 Å². The normalized spacial score (nSPS) is 45.5. The van der Waals surface area contributed by atoms with Crippen LogP contribution >= 0.6 is 0 Å². The van der Waals surface area contributed by atoms with Gasteiger partial charge in [0.25, 0.3) is 0 Å². The van der Waals surface area contributed by atoms with Crippen molar-refractivity contribution >= 4 is 0 Å². The van der Waals surface area contributed by atoms with Gasteiger partial charge in [0.05, 0.1) is 6.10 Å². The number of aliphatic hydroxyl groups is 1. The summed E-state index contributed by atoms with van der Waals surface area (Å²) < 4.78 is 0. The van der Waals surface area contributed by atoms with Crippen molar-refractivity contribution in [2.45, 2.75) is 111 Å². The molecule has 0 amide bonds. The van der Waals surface area contributed by atoms with Crippen molar-refractivity contribution in [3.63, 3.8) is 0 Å². The van der Waals surface area contributed by atoms with Crippen molar-refractivity contribution < 1.29 is 5.11 Å². The van der Waals surface area contributed by atoms with E-state index in [9.17, 15) is 5.11 Å². The molecular formula is C30H50O. The van der Waals surface area contributed by atoms with Crippen LogP contribution in [0.4, 0.5) is 0 Å². The quantitative estimate of drug-likeness (QED) is 0.407. The van der Waals surface area contributed by atoms with Crippen LogP contribution in [0.15, 0.2) is 24.3 Å². The Bertz CT molecular complexity index is 676. The molecule has 0 radical (unpaired) electrons. The van der Waals surface area contributed by atoms with Gasteiger partial charge in [-0.25, -0.2) is 0 Å². The molecule has 0 heterocycles. The highest BCUT2D eigenvalue weighted by Gasteiger charge is 2.59. The Balaban J connectivity index is 1.53. The van der Waals surface area contributed by atoms with Crippen LogP contribution in [0.25, 0.3) is 0 Å². The van der Waals surface area contributed by atoms with Crippen molar-refractivity contribution in [3.8, 4) is 0 Å². The minimum absolute atomic E-state index is 0.162. The zero-order valence-corrected chi connectivity index (χ0v) is 21.2.